The lowest BCUT2D eigenvalue weighted by atomic mass is 10.1. The van der Waals surface area contributed by atoms with E-state index < -0.39 is 5.38 Å². The summed E-state index contributed by atoms with van der Waals surface area (Å²) in [4.78, 5) is 11.4. The third kappa shape index (κ3) is 12.8. The van der Waals surface area contributed by atoms with Crippen molar-refractivity contribution in [3.63, 3.8) is 0 Å². The molecular formula is C17H33ClO2. The van der Waals surface area contributed by atoms with Crippen molar-refractivity contribution in [3.05, 3.63) is 0 Å². The van der Waals surface area contributed by atoms with E-state index in [1.54, 1.807) is 0 Å². The van der Waals surface area contributed by atoms with E-state index in [0.29, 0.717) is 13.0 Å². The number of ether oxygens (including phenoxy) is 1. The molecule has 20 heavy (non-hydrogen) atoms. The molecule has 0 spiro atoms. The number of carbonyl (C=O) groups is 1. The molecule has 1 unspecified atom stereocenters. The summed E-state index contributed by atoms with van der Waals surface area (Å²) < 4.78 is 5.16. The molecule has 0 aromatic carbocycles. The Morgan fingerprint density at radius 3 is 1.85 bits per heavy atom. The van der Waals surface area contributed by atoms with Crippen LogP contribution < -0.4 is 0 Å². The van der Waals surface area contributed by atoms with Gasteiger partial charge in [-0.3, -0.25) is 4.79 Å². The Labute approximate surface area is 130 Å². The third-order valence-corrected chi connectivity index (χ3v) is 3.94. The van der Waals surface area contributed by atoms with E-state index in [4.69, 9.17) is 16.3 Å². The van der Waals surface area contributed by atoms with Gasteiger partial charge in [-0.25, -0.2) is 0 Å². The van der Waals surface area contributed by atoms with Crippen LogP contribution in [-0.4, -0.2) is 18.0 Å². The highest BCUT2D eigenvalue weighted by atomic mass is 35.5. The van der Waals surface area contributed by atoms with E-state index in [-0.39, 0.29) is 5.97 Å². The fourth-order valence-corrected chi connectivity index (χ4v) is 2.51. The SMILES string of the molecule is CCCCCCCCCCCCOC(=O)C(Cl)CCC. The van der Waals surface area contributed by atoms with E-state index >= 15 is 0 Å². The Bertz CT molecular complexity index is 219. The normalized spacial score (nSPS) is 12.3. The number of hydrogen-bond donors (Lipinski definition) is 0. The van der Waals surface area contributed by atoms with Crippen molar-refractivity contribution in [3.8, 4) is 0 Å². The molecule has 0 heterocycles. The molecule has 0 aliphatic heterocycles. The van der Waals surface area contributed by atoms with Gasteiger partial charge in [0.05, 0.1) is 6.61 Å². The maximum Gasteiger partial charge on any atom is 0.324 e. The third-order valence-electron chi connectivity index (χ3n) is 3.54. The van der Waals surface area contributed by atoms with Crippen LogP contribution in [0.2, 0.25) is 0 Å². The van der Waals surface area contributed by atoms with Crippen LogP contribution >= 0.6 is 11.6 Å². The lowest BCUT2D eigenvalue weighted by Crippen LogP contribution is -2.18. The molecular weight excluding hydrogens is 272 g/mol. The fraction of sp³-hybridized carbons (Fsp3) is 0.941. The first-order chi connectivity index (χ1) is 9.72. The highest BCUT2D eigenvalue weighted by Gasteiger charge is 2.14. The van der Waals surface area contributed by atoms with Crippen LogP contribution in [-0.2, 0) is 9.53 Å². The molecule has 0 aliphatic carbocycles. The molecule has 0 bridgehead atoms. The molecule has 2 nitrogen and oxygen atoms in total. The molecule has 0 saturated heterocycles. The number of alkyl halides is 1. The molecule has 3 heteroatoms. The van der Waals surface area contributed by atoms with Crippen molar-refractivity contribution in [2.24, 2.45) is 0 Å². The molecule has 0 amide bonds. The van der Waals surface area contributed by atoms with Crippen LogP contribution in [0.1, 0.15) is 90.9 Å². The molecule has 0 N–H and O–H groups in total. The van der Waals surface area contributed by atoms with Crippen LogP contribution in [0.4, 0.5) is 0 Å². The van der Waals surface area contributed by atoms with Gasteiger partial charge in [0.15, 0.2) is 0 Å². The quantitative estimate of drug-likeness (QED) is 0.228. The minimum atomic E-state index is -0.455. The molecule has 0 saturated carbocycles. The van der Waals surface area contributed by atoms with Crippen LogP contribution in [0, 0.1) is 0 Å². The molecule has 0 rings (SSSR count). The molecule has 0 aliphatic rings. The Morgan fingerprint density at radius 1 is 0.850 bits per heavy atom. The fourth-order valence-electron chi connectivity index (χ4n) is 2.22. The Hall–Kier alpha value is -0.240. The summed E-state index contributed by atoms with van der Waals surface area (Å²) in [5, 5.41) is -0.455. The lowest BCUT2D eigenvalue weighted by molar-refractivity contribution is -0.143. The average Bonchev–Trinajstić information content (AvgIpc) is 2.44. The number of carbonyl (C=O) groups excluding carboxylic acids is 1. The summed E-state index contributed by atoms with van der Waals surface area (Å²) in [5.74, 6) is -0.246. The standard InChI is InChI=1S/C17H33ClO2/c1-3-5-6-7-8-9-10-11-12-13-15-20-17(19)16(18)14-4-2/h16H,3-15H2,1-2H3. The first-order valence-corrected chi connectivity index (χ1v) is 8.96. The van der Waals surface area contributed by atoms with Gasteiger partial charge in [-0.2, -0.15) is 0 Å². The number of unbranched alkanes of at least 4 members (excludes halogenated alkanes) is 9. The van der Waals surface area contributed by atoms with Gasteiger partial charge < -0.3 is 4.74 Å². The summed E-state index contributed by atoms with van der Waals surface area (Å²) >= 11 is 5.89. The van der Waals surface area contributed by atoms with Crippen molar-refractivity contribution < 1.29 is 9.53 Å². The zero-order chi connectivity index (χ0) is 15.1. The van der Waals surface area contributed by atoms with Crippen LogP contribution in [0.3, 0.4) is 0 Å². The largest absolute Gasteiger partial charge is 0.465 e. The van der Waals surface area contributed by atoms with Crippen molar-refractivity contribution in [1.82, 2.24) is 0 Å². The molecule has 0 radical (unpaired) electrons. The van der Waals surface area contributed by atoms with E-state index in [9.17, 15) is 4.79 Å². The number of hydrogen-bond acceptors (Lipinski definition) is 2. The maximum atomic E-state index is 11.4. The number of esters is 1. The Kier molecular flexibility index (Phi) is 15.0. The highest BCUT2D eigenvalue weighted by Crippen LogP contribution is 2.11. The molecule has 0 aromatic heterocycles. The van der Waals surface area contributed by atoms with Gasteiger partial charge in [0.1, 0.15) is 5.38 Å². The van der Waals surface area contributed by atoms with Gasteiger partial charge in [0.25, 0.3) is 0 Å². The number of rotatable bonds is 14. The van der Waals surface area contributed by atoms with Gasteiger partial charge in [-0.05, 0) is 12.8 Å². The second-order valence-corrected chi connectivity index (χ2v) is 6.13. The van der Waals surface area contributed by atoms with Gasteiger partial charge in [0, 0.05) is 0 Å². The molecule has 1 atom stereocenters. The average molecular weight is 305 g/mol. The summed E-state index contributed by atoms with van der Waals surface area (Å²) in [6.07, 6.45) is 14.5. The van der Waals surface area contributed by atoms with Gasteiger partial charge in [-0.15, -0.1) is 11.6 Å². The maximum absolute atomic E-state index is 11.4. The van der Waals surface area contributed by atoms with Crippen molar-refractivity contribution in [2.45, 2.75) is 96.3 Å². The summed E-state index contributed by atoms with van der Waals surface area (Å²) in [5.41, 5.74) is 0. The highest BCUT2D eigenvalue weighted by molar-refractivity contribution is 6.29. The van der Waals surface area contributed by atoms with E-state index in [1.807, 2.05) is 6.92 Å². The molecule has 0 aromatic rings. The summed E-state index contributed by atoms with van der Waals surface area (Å²) in [6, 6.07) is 0. The predicted octanol–water partition coefficient (Wildman–Crippen LogP) is 5.86. The lowest BCUT2D eigenvalue weighted by Gasteiger charge is -2.08. The zero-order valence-corrected chi connectivity index (χ0v) is 14.2. The van der Waals surface area contributed by atoms with Crippen molar-refractivity contribution >= 4 is 17.6 Å². The molecule has 0 fully saturated rings. The summed E-state index contributed by atoms with van der Waals surface area (Å²) in [7, 11) is 0. The minimum absolute atomic E-state index is 0.246. The Morgan fingerprint density at radius 2 is 1.35 bits per heavy atom. The van der Waals surface area contributed by atoms with Crippen LogP contribution in [0.5, 0.6) is 0 Å². The monoisotopic (exact) mass is 304 g/mol. The second kappa shape index (κ2) is 15.2. The topological polar surface area (TPSA) is 26.3 Å². The van der Waals surface area contributed by atoms with Gasteiger partial charge in [-0.1, -0.05) is 78.1 Å². The van der Waals surface area contributed by atoms with Crippen LogP contribution in [0.25, 0.3) is 0 Å². The predicted molar refractivity (Wildman–Crippen MR) is 87.4 cm³/mol. The zero-order valence-electron chi connectivity index (χ0n) is 13.5. The van der Waals surface area contributed by atoms with E-state index in [2.05, 4.69) is 6.92 Å². The van der Waals surface area contributed by atoms with Crippen molar-refractivity contribution in [1.29, 1.82) is 0 Å². The Balaban J connectivity index is 3.18. The van der Waals surface area contributed by atoms with Gasteiger partial charge >= 0.3 is 5.97 Å². The minimum Gasteiger partial charge on any atom is -0.465 e. The summed E-state index contributed by atoms with van der Waals surface area (Å²) in [6.45, 7) is 4.80. The number of halogens is 1. The first-order valence-electron chi connectivity index (χ1n) is 8.53. The van der Waals surface area contributed by atoms with Crippen molar-refractivity contribution in [2.75, 3.05) is 6.61 Å². The second-order valence-electron chi connectivity index (χ2n) is 5.61. The smallest absolute Gasteiger partial charge is 0.324 e. The molecule has 120 valence electrons. The van der Waals surface area contributed by atoms with Gasteiger partial charge in [0.2, 0.25) is 0 Å². The van der Waals surface area contributed by atoms with Crippen LogP contribution in [0.15, 0.2) is 0 Å². The van der Waals surface area contributed by atoms with E-state index in [1.165, 1.54) is 51.4 Å². The van der Waals surface area contributed by atoms with E-state index in [0.717, 1.165) is 19.3 Å². The first kappa shape index (κ1) is 19.8.